The number of carbonyl (C=O) groups excluding carboxylic acids is 1. The second-order valence-electron chi connectivity index (χ2n) is 6.50. The van der Waals surface area contributed by atoms with Gasteiger partial charge in [0.05, 0.1) is 6.04 Å². The van der Waals surface area contributed by atoms with E-state index in [9.17, 15) is 9.18 Å². The number of carbonyl (C=O) groups is 1. The summed E-state index contributed by atoms with van der Waals surface area (Å²) in [5.41, 5.74) is 4.08. The topological polar surface area (TPSA) is 36.1 Å². The van der Waals surface area contributed by atoms with Gasteiger partial charge in [-0.15, -0.1) is 0 Å². The smallest absolute Gasteiger partial charge is 0.220 e. The number of fused-ring (bicyclic) bond motifs is 3. The molecule has 3 aromatic rings. The van der Waals surface area contributed by atoms with Crippen LogP contribution in [0.1, 0.15) is 36.7 Å². The van der Waals surface area contributed by atoms with E-state index in [0.29, 0.717) is 0 Å². The molecule has 3 nitrogen and oxygen atoms in total. The average molecular weight is 322 g/mol. The molecule has 1 N–H and O–H groups in total. The summed E-state index contributed by atoms with van der Waals surface area (Å²) in [7, 11) is 0. The molecule has 4 rings (SSSR count). The fourth-order valence-electron chi connectivity index (χ4n) is 3.96. The Labute approximate surface area is 140 Å². The minimum Gasteiger partial charge on any atom is -0.356 e. The van der Waals surface area contributed by atoms with Crippen LogP contribution in [-0.2, 0) is 11.2 Å². The number of hydrogen-bond donors (Lipinski definition) is 1. The fraction of sp³-hybridized carbons (Fsp3) is 0.250. The molecule has 0 saturated carbocycles. The van der Waals surface area contributed by atoms with Crippen LogP contribution in [0.4, 0.5) is 4.39 Å². The summed E-state index contributed by atoms with van der Waals surface area (Å²) >= 11 is 0. The van der Waals surface area contributed by atoms with Gasteiger partial charge in [-0.3, -0.25) is 4.79 Å². The van der Waals surface area contributed by atoms with Crippen molar-refractivity contribution in [1.82, 2.24) is 9.88 Å². The van der Waals surface area contributed by atoms with Crippen molar-refractivity contribution in [1.29, 1.82) is 0 Å². The second-order valence-corrected chi connectivity index (χ2v) is 6.50. The average Bonchev–Trinajstić information content (AvgIpc) is 2.91. The molecule has 122 valence electrons. The van der Waals surface area contributed by atoms with E-state index in [4.69, 9.17) is 0 Å². The number of H-pyrrole nitrogens is 1. The molecule has 1 aliphatic rings. The Morgan fingerprint density at radius 3 is 2.75 bits per heavy atom. The maximum atomic E-state index is 13.8. The third-order valence-corrected chi connectivity index (χ3v) is 4.90. The zero-order valence-electron chi connectivity index (χ0n) is 13.7. The van der Waals surface area contributed by atoms with Crippen LogP contribution in [0.2, 0.25) is 0 Å². The maximum absolute atomic E-state index is 13.8. The van der Waals surface area contributed by atoms with Crippen LogP contribution in [0.5, 0.6) is 0 Å². The van der Waals surface area contributed by atoms with Crippen molar-refractivity contribution in [3.8, 4) is 0 Å². The predicted octanol–water partition coefficient (Wildman–Crippen LogP) is 4.19. The summed E-state index contributed by atoms with van der Waals surface area (Å²) in [6, 6.07) is 14.5. The number of aromatic nitrogens is 1. The largest absolute Gasteiger partial charge is 0.356 e. The van der Waals surface area contributed by atoms with Gasteiger partial charge >= 0.3 is 0 Å². The first-order chi connectivity index (χ1) is 11.6. The van der Waals surface area contributed by atoms with Crippen molar-refractivity contribution >= 4 is 16.8 Å². The molecule has 2 atom stereocenters. The van der Waals surface area contributed by atoms with E-state index < -0.39 is 0 Å². The third-order valence-electron chi connectivity index (χ3n) is 4.90. The number of nitrogens with zero attached hydrogens (tertiary/aromatic N) is 1. The molecule has 2 aromatic carbocycles. The first-order valence-corrected chi connectivity index (χ1v) is 8.20. The van der Waals surface area contributed by atoms with Crippen LogP contribution in [-0.4, -0.2) is 21.8 Å². The highest BCUT2D eigenvalue weighted by Crippen LogP contribution is 2.40. The van der Waals surface area contributed by atoms with Gasteiger partial charge in [0.15, 0.2) is 0 Å². The molecule has 0 spiro atoms. The van der Waals surface area contributed by atoms with Crippen molar-refractivity contribution in [3.05, 3.63) is 71.2 Å². The zero-order valence-corrected chi connectivity index (χ0v) is 13.7. The molecular weight excluding hydrogens is 303 g/mol. The van der Waals surface area contributed by atoms with Crippen LogP contribution in [0.15, 0.2) is 48.5 Å². The molecule has 1 aliphatic heterocycles. The second kappa shape index (κ2) is 5.48. The molecule has 0 radical (unpaired) electrons. The lowest BCUT2D eigenvalue weighted by Gasteiger charge is -2.40. The molecular formula is C20H19FN2O. The van der Waals surface area contributed by atoms with Crippen LogP contribution in [0.3, 0.4) is 0 Å². The minimum atomic E-state index is -0.288. The molecule has 0 saturated heterocycles. The van der Waals surface area contributed by atoms with Crippen LogP contribution < -0.4 is 0 Å². The number of rotatable bonds is 1. The number of nitrogens with one attached hydrogen (secondary N) is 1. The highest BCUT2D eigenvalue weighted by Gasteiger charge is 2.37. The van der Waals surface area contributed by atoms with E-state index in [2.05, 4.69) is 18.0 Å². The number of benzene rings is 2. The molecule has 1 amide bonds. The molecule has 24 heavy (non-hydrogen) atoms. The van der Waals surface area contributed by atoms with Gasteiger partial charge in [0.2, 0.25) is 5.91 Å². The molecule has 4 heteroatoms. The Morgan fingerprint density at radius 2 is 2.00 bits per heavy atom. The fourth-order valence-corrected chi connectivity index (χ4v) is 3.96. The SMILES string of the molecule is CC(=O)N1C(C)Cc2c([nH]c3ccccc23)C1c1cccc(F)c1. The van der Waals surface area contributed by atoms with Crippen molar-refractivity contribution in [2.45, 2.75) is 32.4 Å². The molecule has 2 heterocycles. The van der Waals surface area contributed by atoms with Gasteiger partial charge in [-0.25, -0.2) is 4.39 Å². The monoisotopic (exact) mass is 322 g/mol. The van der Waals surface area contributed by atoms with Crippen LogP contribution in [0.25, 0.3) is 10.9 Å². The van der Waals surface area contributed by atoms with Crippen molar-refractivity contribution < 1.29 is 9.18 Å². The van der Waals surface area contributed by atoms with E-state index >= 15 is 0 Å². The Hall–Kier alpha value is -2.62. The van der Waals surface area contributed by atoms with E-state index in [1.54, 1.807) is 13.0 Å². The van der Waals surface area contributed by atoms with Gasteiger partial charge in [0.1, 0.15) is 5.82 Å². The molecule has 0 bridgehead atoms. The Bertz CT molecular complexity index is 930. The predicted molar refractivity (Wildman–Crippen MR) is 92.2 cm³/mol. The van der Waals surface area contributed by atoms with Gasteiger partial charge in [0, 0.05) is 29.6 Å². The quantitative estimate of drug-likeness (QED) is 0.716. The molecule has 2 unspecified atom stereocenters. The van der Waals surface area contributed by atoms with E-state index in [0.717, 1.165) is 23.2 Å². The maximum Gasteiger partial charge on any atom is 0.220 e. The van der Waals surface area contributed by atoms with Gasteiger partial charge in [-0.05, 0) is 42.7 Å². The molecule has 1 aromatic heterocycles. The summed E-state index contributed by atoms with van der Waals surface area (Å²) < 4.78 is 13.8. The first-order valence-electron chi connectivity index (χ1n) is 8.20. The van der Waals surface area contributed by atoms with E-state index in [1.807, 2.05) is 29.2 Å². The molecule has 0 fully saturated rings. The van der Waals surface area contributed by atoms with Crippen LogP contribution >= 0.6 is 0 Å². The van der Waals surface area contributed by atoms with Gasteiger partial charge in [-0.2, -0.15) is 0 Å². The number of halogens is 1. The Kier molecular flexibility index (Phi) is 3.41. The highest BCUT2D eigenvalue weighted by molar-refractivity contribution is 5.86. The van der Waals surface area contributed by atoms with Gasteiger partial charge < -0.3 is 9.88 Å². The Balaban J connectivity index is 1.98. The number of hydrogen-bond acceptors (Lipinski definition) is 1. The summed E-state index contributed by atoms with van der Waals surface area (Å²) in [4.78, 5) is 17.6. The standard InChI is InChI=1S/C20H19FN2O/c1-12-10-17-16-8-3-4-9-18(16)22-19(17)20(23(12)13(2)24)14-6-5-7-15(21)11-14/h3-9,11-12,20,22H,10H2,1-2H3. The summed E-state index contributed by atoms with van der Waals surface area (Å²) in [5, 5.41) is 1.18. The first kappa shape index (κ1) is 14.9. The molecule has 0 aliphatic carbocycles. The number of para-hydroxylation sites is 1. The third kappa shape index (κ3) is 2.21. The number of aromatic amines is 1. The van der Waals surface area contributed by atoms with E-state index in [1.165, 1.54) is 23.1 Å². The summed E-state index contributed by atoms with van der Waals surface area (Å²) in [6.45, 7) is 3.63. The zero-order chi connectivity index (χ0) is 16.8. The summed E-state index contributed by atoms with van der Waals surface area (Å²) in [5.74, 6) is -0.284. The van der Waals surface area contributed by atoms with Crippen LogP contribution in [0, 0.1) is 5.82 Å². The minimum absolute atomic E-state index is 0.000988. The lowest BCUT2D eigenvalue weighted by Crippen LogP contribution is -2.45. The summed E-state index contributed by atoms with van der Waals surface area (Å²) in [6.07, 6.45) is 0.796. The Morgan fingerprint density at radius 1 is 1.21 bits per heavy atom. The lowest BCUT2D eigenvalue weighted by atomic mass is 9.88. The van der Waals surface area contributed by atoms with Crippen molar-refractivity contribution in [3.63, 3.8) is 0 Å². The van der Waals surface area contributed by atoms with Gasteiger partial charge in [0.25, 0.3) is 0 Å². The van der Waals surface area contributed by atoms with Crippen molar-refractivity contribution in [2.24, 2.45) is 0 Å². The van der Waals surface area contributed by atoms with Gasteiger partial charge in [-0.1, -0.05) is 30.3 Å². The van der Waals surface area contributed by atoms with E-state index in [-0.39, 0.29) is 23.8 Å². The lowest BCUT2D eigenvalue weighted by molar-refractivity contribution is -0.133. The van der Waals surface area contributed by atoms with Crippen molar-refractivity contribution in [2.75, 3.05) is 0 Å². The number of amides is 1. The normalized spacial score (nSPS) is 20.2. The highest BCUT2D eigenvalue weighted by atomic mass is 19.1.